The second-order valence-corrected chi connectivity index (χ2v) is 5.24. The summed E-state index contributed by atoms with van der Waals surface area (Å²) in [4.78, 5) is 8.81. The molecule has 0 amide bonds. The number of benzene rings is 1. The quantitative estimate of drug-likeness (QED) is 0.462. The molecule has 2 heteroatoms. The number of hydrogen-bond acceptors (Lipinski definition) is 2. The Labute approximate surface area is 131 Å². The van der Waals surface area contributed by atoms with Gasteiger partial charge in [0.25, 0.3) is 0 Å². The molecule has 0 radical (unpaired) electrons. The third-order valence-corrected chi connectivity index (χ3v) is 2.72. The zero-order valence-corrected chi connectivity index (χ0v) is 14.6. The predicted molar refractivity (Wildman–Crippen MR) is 95.6 cm³/mol. The van der Waals surface area contributed by atoms with E-state index in [0.717, 1.165) is 24.3 Å². The minimum absolute atomic E-state index is 0.724. The maximum Gasteiger partial charge on any atom is 0.116 e. The summed E-state index contributed by atoms with van der Waals surface area (Å²) >= 11 is 0. The Morgan fingerprint density at radius 2 is 1.81 bits per heavy atom. The van der Waals surface area contributed by atoms with Crippen LogP contribution in [0.25, 0.3) is 0 Å². The SMILES string of the molecule is CC=O.CCC/C=C/C(C)C.CCc1ccc(N)c(C)c1. The Hall–Kier alpha value is -1.57. The highest BCUT2D eigenvalue weighted by atomic mass is 16.1. The van der Waals surface area contributed by atoms with Crippen molar-refractivity contribution < 1.29 is 4.79 Å². The number of allylic oxidation sites excluding steroid dienone is 2. The van der Waals surface area contributed by atoms with Crippen LogP contribution in [-0.4, -0.2) is 6.29 Å². The molecule has 0 unspecified atom stereocenters. The number of carbonyl (C=O) groups excluding carboxylic acids is 1. The number of aryl methyl sites for hydroxylation is 2. The highest BCUT2D eigenvalue weighted by Gasteiger charge is 1.92. The molecule has 0 aliphatic carbocycles. The van der Waals surface area contributed by atoms with Gasteiger partial charge in [0, 0.05) is 5.69 Å². The van der Waals surface area contributed by atoms with Crippen LogP contribution < -0.4 is 5.73 Å². The lowest BCUT2D eigenvalue weighted by molar-refractivity contribution is -0.106. The summed E-state index contributed by atoms with van der Waals surface area (Å²) in [6, 6.07) is 6.17. The normalized spacial score (nSPS) is 9.67. The molecule has 0 atom stereocenters. The van der Waals surface area contributed by atoms with Gasteiger partial charge >= 0.3 is 0 Å². The molecule has 1 rings (SSSR count). The lowest BCUT2D eigenvalue weighted by Gasteiger charge is -2.01. The summed E-state index contributed by atoms with van der Waals surface area (Å²) in [6.45, 7) is 12.2. The average Bonchev–Trinajstić information content (AvgIpc) is 2.43. The molecule has 0 saturated carbocycles. The number of carbonyl (C=O) groups is 1. The Balaban J connectivity index is 0. The molecule has 0 saturated heterocycles. The van der Waals surface area contributed by atoms with Gasteiger partial charge in [-0.25, -0.2) is 0 Å². The fourth-order valence-corrected chi connectivity index (χ4v) is 1.49. The first-order valence-electron chi connectivity index (χ1n) is 7.84. The predicted octanol–water partition coefficient (Wildman–Crippen LogP) is 5.34. The molecule has 2 N–H and O–H groups in total. The standard InChI is InChI=1S/C9H13N.C8H16.C2H4O/c1-3-8-4-5-9(10)7(2)6-8;1-4-5-6-7-8(2)3;1-2-3/h4-6H,3,10H2,1-2H3;6-8H,4-5H2,1-3H3;2H,1H3/b;7-6+;. The van der Waals surface area contributed by atoms with Crippen molar-refractivity contribution in [1.29, 1.82) is 0 Å². The molecule has 0 spiro atoms. The highest BCUT2D eigenvalue weighted by molar-refractivity contribution is 5.47. The third-order valence-electron chi connectivity index (χ3n) is 2.72. The number of nitrogens with two attached hydrogens (primary N) is 1. The zero-order valence-electron chi connectivity index (χ0n) is 14.6. The summed E-state index contributed by atoms with van der Waals surface area (Å²) in [7, 11) is 0. The lowest BCUT2D eigenvalue weighted by atomic mass is 10.1. The lowest BCUT2D eigenvalue weighted by Crippen LogP contribution is -1.90. The Bertz CT molecular complexity index is 395. The number of aldehydes is 1. The fraction of sp³-hybridized carbons (Fsp3) is 0.526. The van der Waals surface area contributed by atoms with Crippen LogP contribution in [0.3, 0.4) is 0 Å². The molecule has 0 aliphatic heterocycles. The van der Waals surface area contributed by atoms with E-state index in [0.29, 0.717) is 0 Å². The van der Waals surface area contributed by atoms with Crippen LogP contribution in [0.15, 0.2) is 30.4 Å². The van der Waals surface area contributed by atoms with Crippen LogP contribution in [-0.2, 0) is 11.2 Å². The fourth-order valence-electron chi connectivity index (χ4n) is 1.49. The van der Waals surface area contributed by atoms with Crippen LogP contribution in [0, 0.1) is 12.8 Å². The van der Waals surface area contributed by atoms with Gasteiger partial charge in [-0.2, -0.15) is 0 Å². The molecular weight excluding hydrogens is 258 g/mol. The van der Waals surface area contributed by atoms with Gasteiger partial charge in [-0.3, -0.25) is 0 Å². The van der Waals surface area contributed by atoms with E-state index < -0.39 is 0 Å². The van der Waals surface area contributed by atoms with Gasteiger partial charge in [-0.1, -0.05) is 58.4 Å². The van der Waals surface area contributed by atoms with E-state index in [4.69, 9.17) is 10.5 Å². The molecule has 2 nitrogen and oxygen atoms in total. The minimum atomic E-state index is 0.724. The van der Waals surface area contributed by atoms with Crippen LogP contribution in [0.5, 0.6) is 0 Å². The topological polar surface area (TPSA) is 43.1 Å². The molecule has 0 aliphatic rings. The maximum absolute atomic E-state index is 8.81. The first-order chi connectivity index (χ1) is 9.92. The second-order valence-electron chi connectivity index (χ2n) is 5.24. The minimum Gasteiger partial charge on any atom is -0.399 e. The smallest absolute Gasteiger partial charge is 0.116 e. The summed E-state index contributed by atoms with van der Waals surface area (Å²) in [6.07, 6.45) is 8.84. The third kappa shape index (κ3) is 14.6. The maximum atomic E-state index is 8.81. The Morgan fingerprint density at radius 3 is 2.19 bits per heavy atom. The average molecular weight is 291 g/mol. The van der Waals surface area contributed by atoms with Gasteiger partial charge in [0.1, 0.15) is 6.29 Å². The molecule has 21 heavy (non-hydrogen) atoms. The number of nitrogen functional groups attached to an aromatic ring is 1. The Kier molecular flexibility index (Phi) is 15.3. The van der Waals surface area contributed by atoms with Crippen molar-refractivity contribution in [3.63, 3.8) is 0 Å². The van der Waals surface area contributed by atoms with Crippen molar-refractivity contribution in [2.75, 3.05) is 5.73 Å². The van der Waals surface area contributed by atoms with E-state index in [1.54, 1.807) is 0 Å². The molecule has 120 valence electrons. The summed E-state index contributed by atoms with van der Waals surface area (Å²) in [5.74, 6) is 0.724. The summed E-state index contributed by atoms with van der Waals surface area (Å²) in [5, 5.41) is 0. The van der Waals surface area contributed by atoms with Crippen molar-refractivity contribution in [1.82, 2.24) is 0 Å². The zero-order chi connectivity index (χ0) is 16.7. The van der Waals surface area contributed by atoms with Crippen molar-refractivity contribution in [3.8, 4) is 0 Å². The second kappa shape index (κ2) is 14.8. The number of rotatable bonds is 4. The molecule has 0 bridgehead atoms. The van der Waals surface area contributed by atoms with E-state index in [-0.39, 0.29) is 0 Å². The van der Waals surface area contributed by atoms with Crippen LogP contribution >= 0.6 is 0 Å². The largest absolute Gasteiger partial charge is 0.399 e. The van der Waals surface area contributed by atoms with Gasteiger partial charge in [0.15, 0.2) is 0 Å². The van der Waals surface area contributed by atoms with Gasteiger partial charge in [-0.05, 0) is 49.8 Å². The monoisotopic (exact) mass is 291 g/mol. The number of unbranched alkanes of at least 4 members (excludes halogenated alkanes) is 1. The number of hydrogen-bond donors (Lipinski definition) is 1. The first-order valence-corrected chi connectivity index (χ1v) is 7.84. The van der Waals surface area contributed by atoms with Gasteiger partial charge in [0.05, 0.1) is 0 Å². The molecule has 0 aromatic heterocycles. The van der Waals surface area contributed by atoms with E-state index in [1.165, 1.54) is 30.9 Å². The molecule has 1 aromatic carbocycles. The molecule has 1 aromatic rings. The van der Waals surface area contributed by atoms with Crippen molar-refractivity contribution in [3.05, 3.63) is 41.5 Å². The first kappa shape index (κ1) is 21.7. The Morgan fingerprint density at radius 1 is 1.24 bits per heavy atom. The van der Waals surface area contributed by atoms with Crippen LogP contribution in [0.2, 0.25) is 0 Å². The van der Waals surface area contributed by atoms with Gasteiger partial charge in [-0.15, -0.1) is 0 Å². The van der Waals surface area contributed by atoms with Crippen LogP contribution in [0.1, 0.15) is 58.6 Å². The van der Waals surface area contributed by atoms with E-state index in [1.807, 2.05) is 13.0 Å². The van der Waals surface area contributed by atoms with Gasteiger partial charge in [0.2, 0.25) is 0 Å². The molecular formula is C19H33NO. The van der Waals surface area contributed by atoms with Crippen LogP contribution in [0.4, 0.5) is 5.69 Å². The van der Waals surface area contributed by atoms with Crippen molar-refractivity contribution in [2.45, 2.75) is 60.8 Å². The van der Waals surface area contributed by atoms with E-state index in [9.17, 15) is 0 Å². The molecule has 0 fully saturated rings. The summed E-state index contributed by atoms with van der Waals surface area (Å²) in [5.41, 5.74) is 9.06. The van der Waals surface area contributed by atoms with Crippen molar-refractivity contribution >= 4 is 12.0 Å². The molecule has 0 heterocycles. The summed E-state index contributed by atoms with van der Waals surface area (Å²) < 4.78 is 0. The highest BCUT2D eigenvalue weighted by Crippen LogP contribution is 2.12. The van der Waals surface area contributed by atoms with E-state index in [2.05, 4.69) is 52.0 Å². The number of anilines is 1. The van der Waals surface area contributed by atoms with Crippen molar-refractivity contribution in [2.24, 2.45) is 5.92 Å². The van der Waals surface area contributed by atoms with E-state index >= 15 is 0 Å². The van der Waals surface area contributed by atoms with Gasteiger partial charge < -0.3 is 10.5 Å².